The van der Waals surface area contributed by atoms with Gasteiger partial charge in [-0.1, -0.05) is 73.5 Å². The molecule has 4 saturated carbocycles. The summed E-state index contributed by atoms with van der Waals surface area (Å²) in [5.74, 6) is 2.64. The number of ether oxygens (including phenoxy) is 1. The summed E-state index contributed by atoms with van der Waals surface area (Å²) in [6, 6.07) is 0. The van der Waals surface area contributed by atoms with Crippen molar-refractivity contribution in [2.24, 2.45) is 50.2 Å². The number of carbonyl (C=O) groups excluding carboxylic acids is 1. The number of amides is 1. The normalized spacial score (nSPS) is 45.4. The van der Waals surface area contributed by atoms with Crippen LogP contribution in [0.4, 0.5) is 0 Å². The quantitative estimate of drug-likeness (QED) is 0.243. The van der Waals surface area contributed by atoms with Gasteiger partial charge in [-0.2, -0.15) is 0 Å². The van der Waals surface area contributed by atoms with Crippen LogP contribution in [0.5, 0.6) is 0 Å². The van der Waals surface area contributed by atoms with Crippen molar-refractivity contribution < 1.29 is 9.53 Å². The number of hydrogen-bond acceptors (Lipinski definition) is 3. The molecule has 4 heteroatoms. The van der Waals surface area contributed by atoms with Gasteiger partial charge in [0.2, 0.25) is 5.91 Å². The van der Waals surface area contributed by atoms with E-state index >= 15 is 0 Å². The summed E-state index contributed by atoms with van der Waals surface area (Å²) in [6.07, 6.45) is 14.0. The molecular formula is C38H64N2O2. The number of likely N-dealkylation sites (N-methyl/N-ethyl adjacent to an activating group) is 1. The van der Waals surface area contributed by atoms with Crippen molar-refractivity contribution >= 4 is 5.91 Å². The highest BCUT2D eigenvalue weighted by molar-refractivity contribution is 5.87. The van der Waals surface area contributed by atoms with Crippen LogP contribution in [0.2, 0.25) is 0 Å². The molecule has 1 N–H and O–H groups in total. The number of nitrogens with zero attached hydrogens (tertiary/aromatic N) is 1. The molecule has 0 aromatic heterocycles. The second kappa shape index (κ2) is 10.3. The Bertz CT molecular complexity index is 1100. The van der Waals surface area contributed by atoms with Crippen molar-refractivity contribution in [2.75, 3.05) is 32.8 Å². The summed E-state index contributed by atoms with van der Waals surface area (Å²) in [7, 11) is 0. The highest BCUT2D eigenvalue weighted by Crippen LogP contribution is 2.76. The Labute approximate surface area is 258 Å². The van der Waals surface area contributed by atoms with Crippen LogP contribution in [0.25, 0.3) is 0 Å². The number of hydrogen-bond donors (Lipinski definition) is 1. The average Bonchev–Trinajstić information content (AvgIpc) is 3.76. The number of nitrogens with one attached hydrogen (secondary N) is 1. The highest BCUT2D eigenvalue weighted by atomic mass is 16.6. The molecule has 1 heterocycles. The molecule has 1 saturated heterocycles. The molecule has 6 rings (SSSR count). The van der Waals surface area contributed by atoms with Gasteiger partial charge in [0.15, 0.2) is 0 Å². The summed E-state index contributed by atoms with van der Waals surface area (Å²) < 4.78 is 5.91. The van der Waals surface area contributed by atoms with Crippen molar-refractivity contribution in [1.82, 2.24) is 10.2 Å². The van der Waals surface area contributed by atoms with E-state index in [9.17, 15) is 4.79 Å². The van der Waals surface area contributed by atoms with Gasteiger partial charge in [-0.05, 0) is 129 Å². The van der Waals surface area contributed by atoms with Crippen molar-refractivity contribution in [3.63, 3.8) is 0 Å². The summed E-state index contributed by atoms with van der Waals surface area (Å²) in [5, 5.41) is 3.49. The average molecular weight is 581 g/mol. The van der Waals surface area contributed by atoms with Crippen molar-refractivity contribution in [3.05, 3.63) is 11.1 Å². The Morgan fingerprint density at radius 2 is 1.55 bits per heavy atom. The van der Waals surface area contributed by atoms with Crippen LogP contribution in [0.15, 0.2) is 11.1 Å². The van der Waals surface area contributed by atoms with E-state index < -0.39 is 0 Å². The van der Waals surface area contributed by atoms with Crippen LogP contribution in [0.3, 0.4) is 0 Å². The van der Waals surface area contributed by atoms with E-state index in [1.807, 2.05) is 0 Å². The number of carbonyl (C=O) groups is 1. The Balaban J connectivity index is 1.33. The van der Waals surface area contributed by atoms with E-state index in [1.54, 1.807) is 11.1 Å². The van der Waals surface area contributed by atoms with E-state index in [4.69, 9.17) is 4.74 Å². The molecule has 1 aliphatic heterocycles. The predicted molar refractivity (Wildman–Crippen MR) is 173 cm³/mol. The Hall–Kier alpha value is -0.870. The minimum absolute atomic E-state index is 0.207. The molecule has 0 radical (unpaired) electrons. The smallest absolute Gasteiger partial charge is 0.230 e. The Morgan fingerprint density at radius 3 is 2.21 bits per heavy atom. The van der Waals surface area contributed by atoms with Gasteiger partial charge < -0.3 is 15.0 Å². The molecule has 238 valence electrons. The first-order chi connectivity index (χ1) is 19.7. The fourth-order valence-electron chi connectivity index (χ4n) is 12.7. The largest absolute Gasteiger partial charge is 0.373 e. The van der Waals surface area contributed by atoms with Crippen molar-refractivity contribution in [1.29, 1.82) is 0 Å². The zero-order valence-electron chi connectivity index (χ0n) is 28.9. The molecule has 1 unspecified atom stereocenters. The number of allylic oxidation sites excluding steroid dienone is 1. The lowest BCUT2D eigenvalue weighted by Gasteiger charge is -2.71. The van der Waals surface area contributed by atoms with Crippen molar-refractivity contribution in [2.45, 2.75) is 139 Å². The molecule has 0 aromatic carbocycles. The fraction of sp³-hybridized carbons (Fsp3) is 0.921. The maximum atomic E-state index is 14.3. The molecule has 42 heavy (non-hydrogen) atoms. The predicted octanol–water partition coefficient (Wildman–Crippen LogP) is 8.41. The van der Waals surface area contributed by atoms with Gasteiger partial charge in [0.1, 0.15) is 0 Å². The van der Waals surface area contributed by atoms with Crippen LogP contribution in [0.1, 0.15) is 133 Å². The lowest BCUT2D eigenvalue weighted by atomic mass is 9.33. The Kier molecular flexibility index (Phi) is 7.65. The van der Waals surface area contributed by atoms with Crippen LogP contribution < -0.4 is 5.32 Å². The zero-order valence-corrected chi connectivity index (χ0v) is 28.9. The minimum Gasteiger partial charge on any atom is -0.373 e. The van der Waals surface area contributed by atoms with E-state index in [-0.39, 0.29) is 16.2 Å². The molecule has 5 fully saturated rings. The third-order valence-corrected chi connectivity index (χ3v) is 15.5. The first-order valence-corrected chi connectivity index (χ1v) is 18.0. The molecule has 5 aliphatic carbocycles. The monoisotopic (exact) mass is 580 g/mol. The van der Waals surface area contributed by atoms with Crippen LogP contribution in [-0.2, 0) is 9.53 Å². The molecule has 0 bridgehead atoms. The summed E-state index contributed by atoms with van der Waals surface area (Å²) in [6.45, 7) is 27.5. The molecule has 8 atom stereocenters. The van der Waals surface area contributed by atoms with Gasteiger partial charge in [-0.15, -0.1) is 0 Å². The lowest BCUT2D eigenvalue weighted by Crippen LogP contribution is -2.64. The SMILES string of the molecule is CCN(CC)CCNC(=O)[C@]12CCC(C)(C)CC1=C1CC[C@@H]3[C@@]4(C)CC[C@H](C5CO5)C(C)(C)[C@@H]4CC[C@@]3(C)[C@]1(C)CC2. The van der Waals surface area contributed by atoms with Gasteiger partial charge in [-0.3, -0.25) is 4.79 Å². The molecule has 0 spiro atoms. The number of epoxide rings is 1. The molecule has 1 amide bonds. The van der Waals surface area contributed by atoms with Crippen LogP contribution in [0, 0.1) is 50.2 Å². The lowest BCUT2D eigenvalue weighted by molar-refractivity contribution is -0.195. The molecule has 6 aliphatic rings. The second-order valence-corrected chi connectivity index (χ2v) is 17.9. The maximum Gasteiger partial charge on any atom is 0.230 e. The molecule has 0 aromatic rings. The summed E-state index contributed by atoms with van der Waals surface area (Å²) in [4.78, 5) is 16.7. The third-order valence-electron chi connectivity index (χ3n) is 15.5. The van der Waals surface area contributed by atoms with Gasteiger partial charge in [0, 0.05) is 13.1 Å². The van der Waals surface area contributed by atoms with Crippen LogP contribution in [-0.4, -0.2) is 49.7 Å². The minimum atomic E-state index is -0.276. The van der Waals surface area contributed by atoms with Gasteiger partial charge in [-0.25, -0.2) is 0 Å². The zero-order chi connectivity index (χ0) is 30.3. The first-order valence-electron chi connectivity index (χ1n) is 18.0. The first kappa shape index (κ1) is 31.1. The van der Waals surface area contributed by atoms with Crippen molar-refractivity contribution in [3.8, 4) is 0 Å². The summed E-state index contributed by atoms with van der Waals surface area (Å²) in [5.41, 5.74) is 4.61. The fourth-order valence-corrected chi connectivity index (χ4v) is 12.7. The third kappa shape index (κ3) is 4.45. The molecule has 4 nitrogen and oxygen atoms in total. The molecular weight excluding hydrogens is 516 g/mol. The topological polar surface area (TPSA) is 44.9 Å². The second-order valence-electron chi connectivity index (χ2n) is 17.9. The highest BCUT2D eigenvalue weighted by Gasteiger charge is 2.68. The van der Waals surface area contributed by atoms with E-state index in [1.165, 1.54) is 44.9 Å². The number of fused-ring (bicyclic) bond motifs is 6. The van der Waals surface area contributed by atoms with Gasteiger partial charge in [0.05, 0.1) is 18.1 Å². The maximum absolute atomic E-state index is 14.3. The standard InChI is InChI=1S/C38H64N2O2/c1-10-40(11-2)23-22-39-32(41)38-20-18-33(3,4)24-28(38)26-12-13-31-35(7)16-14-27(29-25-42-29)34(5,6)30(35)15-17-37(31,9)36(26,8)19-21-38/h27,29-31H,10-25H2,1-9H3,(H,39,41)/t27-,29?,30+,31-,35+,36-,37-,38+/m1/s1. The number of rotatable bonds is 7. The van der Waals surface area contributed by atoms with E-state index in [0.717, 1.165) is 76.2 Å². The van der Waals surface area contributed by atoms with Crippen LogP contribution >= 0.6 is 0 Å². The van der Waals surface area contributed by atoms with Gasteiger partial charge >= 0.3 is 0 Å². The Morgan fingerprint density at radius 1 is 0.857 bits per heavy atom. The summed E-state index contributed by atoms with van der Waals surface area (Å²) >= 11 is 0. The van der Waals surface area contributed by atoms with E-state index in [0.29, 0.717) is 28.3 Å². The van der Waals surface area contributed by atoms with Gasteiger partial charge in [0.25, 0.3) is 0 Å². The van der Waals surface area contributed by atoms with E-state index in [2.05, 4.69) is 72.5 Å².